The van der Waals surface area contributed by atoms with E-state index < -0.39 is 53.8 Å². The Balaban J connectivity index is 2.12. The number of amides is 4. The number of hydrogen-bond acceptors (Lipinski definition) is 6. The van der Waals surface area contributed by atoms with E-state index in [1.807, 2.05) is 30.3 Å². The van der Waals surface area contributed by atoms with Crippen LogP contribution in [0.1, 0.15) is 45.1 Å². The summed E-state index contributed by atoms with van der Waals surface area (Å²) in [6.45, 7) is 3.73. The van der Waals surface area contributed by atoms with Gasteiger partial charge in [-0.3, -0.25) is 19.2 Å². The zero-order valence-corrected chi connectivity index (χ0v) is 20.1. The molecule has 0 saturated carbocycles. The van der Waals surface area contributed by atoms with Crippen molar-refractivity contribution in [3.63, 3.8) is 0 Å². The van der Waals surface area contributed by atoms with E-state index in [-0.39, 0.29) is 31.7 Å². The van der Waals surface area contributed by atoms with Crippen molar-refractivity contribution < 1.29 is 29.1 Å². The molecule has 1 aliphatic rings. The van der Waals surface area contributed by atoms with Crippen molar-refractivity contribution >= 4 is 29.6 Å². The van der Waals surface area contributed by atoms with Gasteiger partial charge in [0, 0.05) is 13.0 Å². The van der Waals surface area contributed by atoms with Gasteiger partial charge >= 0.3 is 5.97 Å². The van der Waals surface area contributed by atoms with Crippen LogP contribution in [0, 0.1) is 5.92 Å². The molecule has 1 aromatic carbocycles. The minimum absolute atomic E-state index is 0.0779. The Morgan fingerprint density at radius 1 is 1.09 bits per heavy atom. The predicted octanol–water partition coefficient (Wildman–Crippen LogP) is -0.477. The molecular weight excluding hydrogens is 454 g/mol. The van der Waals surface area contributed by atoms with Crippen LogP contribution in [-0.4, -0.2) is 70.3 Å². The number of likely N-dealkylation sites (tertiary alicyclic amines) is 1. The molecule has 1 heterocycles. The van der Waals surface area contributed by atoms with E-state index in [1.54, 1.807) is 13.8 Å². The SMILES string of the molecule is CC(C)C(NC(=O)C(CCC(N)=O)NC(=O)C(N)Cc1ccccc1)C(=O)N1CCCC1C(=O)O. The second-order valence-electron chi connectivity index (χ2n) is 9.12. The van der Waals surface area contributed by atoms with Crippen molar-refractivity contribution in [2.45, 2.75) is 70.1 Å². The van der Waals surface area contributed by atoms with Crippen LogP contribution in [0.25, 0.3) is 0 Å². The molecule has 7 N–H and O–H groups in total. The van der Waals surface area contributed by atoms with Crippen LogP contribution in [0.3, 0.4) is 0 Å². The summed E-state index contributed by atoms with van der Waals surface area (Å²) < 4.78 is 0. The molecule has 4 unspecified atom stereocenters. The highest BCUT2D eigenvalue weighted by Gasteiger charge is 2.39. The summed E-state index contributed by atoms with van der Waals surface area (Å²) >= 11 is 0. The first-order valence-corrected chi connectivity index (χ1v) is 11.7. The van der Waals surface area contributed by atoms with Crippen molar-refractivity contribution in [3.8, 4) is 0 Å². The maximum absolute atomic E-state index is 13.1. The molecule has 1 aliphatic heterocycles. The van der Waals surface area contributed by atoms with E-state index in [1.165, 1.54) is 4.90 Å². The van der Waals surface area contributed by atoms with Gasteiger partial charge in [-0.1, -0.05) is 44.2 Å². The minimum Gasteiger partial charge on any atom is -0.480 e. The highest BCUT2D eigenvalue weighted by atomic mass is 16.4. The first-order chi connectivity index (χ1) is 16.5. The lowest BCUT2D eigenvalue weighted by atomic mass is 10.0. The zero-order chi connectivity index (χ0) is 26.1. The summed E-state index contributed by atoms with van der Waals surface area (Å²) in [5.41, 5.74) is 12.1. The quantitative estimate of drug-likeness (QED) is 0.262. The Morgan fingerprint density at radius 3 is 2.31 bits per heavy atom. The summed E-state index contributed by atoms with van der Waals surface area (Å²) in [5, 5.41) is 14.6. The van der Waals surface area contributed by atoms with Gasteiger partial charge in [0.25, 0.3) is 0 Å². The molecule has 11 nitrogen and oxygen atoms in total. The number of carboxylic acids is 1. The minimum atomic E-state index is -1.15. The molecule has 1 fully saturated rings. The Morgan fingerprint density at radius 2 is 1.74 bits per heavy atom. The lowest BCUT2D eigenvalue weighted by Crippen LogP contribution is -2.58. The number of nitrogens with two attached hydrogens (primary N) is 2. The van der Waals surface area contributed by atoms with Gasteiger partial charge in [-0.05, 0) is 37.2 Å². The maximum Gasteiger partial charge on any atom is 0.326 e. The Labute approximate surface area is 204 Å². The number of nitrogens with one attached hydrogen (secondary N) is 2. The Hall–Kier alpha value is -3.47. The standard InChI is InChI=1S/C24H35N5O6/c1-14(2)20(23(33)29-12-6-9-18(29)24(34)35)28-22(32)17(10-11-19(26)30)27-21(31)16(25)13-15-7-4-3-5-8-15/h3-5,7-8,14,16-18,20H,6,9-13,25H2,1-2H3,(H2,26,30)(H,27,31)(H,28,32)(H,34,35). The normalized spacial score (nSPS) is 17.9. The van der Waals surface area contributed by atoms with Gasteiger partial charge in [-0.15, -0.1) is 0 Å². The highest BCUT2D eigenvalue weighted by Crippen LogP contribution is 2.20. The predicted molar refractivity (Wildman–Crippen MR) is 128 cm³/mol. The monoisotopic (exact) mass is 489 g/mol. The zero-order valence-electron chi connectivity index (χ0n) is 20.1. The maximum atomic E-state index is 13.1. The van der Waals surface area contributed by atoms with Crippen molar-refractivity contribution in [1.29, 1.82) is 0 Å². The largest absolute Gasteiger partial charge is 0.480 e. The number of nitrogens with zero attached hydrogens (tertiary/aromatic N) is 1. The van der Waals surface area contributed by atoms with Crippen LogP contribution in [0.4, 0.5) is 0 Å². The number of carbonyl (C=O) groups excluding carboxylic acids is 4. The number of primary amides is 1. The lowest BCUT2D eigenvalue weighted by molar-refractivity contribution is -0.150. The van der Waals surface area contributed by atoms with Gasteiger partial charge in [0.1, 0.15) is 18.1 Å². The number of hydrogen-bond donors (Lipinski definition) is 5. The molecule has 11 heteroatoms. The van der Waals surface area contributed by atoms with E-state index in [9.17, 15) is 29.1 Å². The third kappa shape index (κ3) is 8.06. The van der Waals surface area contributed by atoms with Gasteiger partial charge < -0.3 is 32.1 Å². The fourth-order valence-corrected chi connectivity index (χ4v) is 4.03. The van der Waals surface area contributed by atoms with E-state index in [0.717, 1.165) is 5.56 Å². The van der Waals surface area contributed by atoms with Gasteiger partial charge in [-0.2, -0.15) is 0 Å². The van der Waals surface area contributed by atoms with E-state index in [2.05, 4.69) is 10.6 Å². The summed E-state index contributed by atoms with van der Waals surface area (Å²) in [4.78, 5) is 63.1. The number of benzene rings is 1. The van der Waals surface area contributed by atoms with Crippen LogP contribution < -0.4 is 22.1 Å². The molecule has 35 heavy (non-hydrogen) atoms. The molecule has 0 aromatic heterocycles. The summed E-state index contributed by atoms with van der Waals surface area (Å²) in [6, 6.07) is 5.09. The summed E-state index contributed by atoms with van der Waals surface area (Å²) in [6.07, 6.45) is 0.898. The number of rotatable bonds is 12. The fourth-order valence-electron chi connectivity index (χ4n) is 4.03. The molecule has 4 atom stereocenters. The Bertz CT molecular complexity index is 922. The van der Waals surface area contributed by atoms with Crippen LogP contribution in [-0.2, 0) is 30.4 Å². The number of carboxylic acid groups (broad SMARTS) is 1. The topological polar surface area (TPSA) is 185 Å². The fraction of sp³-hybridized carbons (Fsp3) is 0.542. The van der Waals surface area contributed by atoms with Gasteiger partial charge in [-0.25, -0.2) is 4.79 Å². The summed E-state index contributed by atoms with van der Waals surface area (Å²) in [7, 11) is 0. The molecule has 2 rings (SSSR count). The van der Waals surface area contributed by atoms with Crippen molar-refractivity contribution in [3.05, 3.63) is 35.9 Å². The molecule has 0 aliphatic carbocycles. The lowest BCUT2D eigenvalue weighted by Gasteiger charge is -2.30. The first kappa shape index (κ1) is 27.8. The average molecular weight is 490 g/mol. The van der Waals surface area contributed by atoms with E-state index in [0.29, 0.717) is 12.8 Å². The second kappa shape index (κ2) is 12.8. The highest BCUT2D eigenvalue weighted by molar-refractivity contribution is 5.94. The third-order valence-electron chi connectivity index (χ3n) is 6.00. The van der Waals surface area contributed by atoms with Crippen molar-refractivity contribution in [2.75, 3.05) is 6.54 Å². The Kier molecular flexibility index (Phi) is 10.2. The van der Waals surface area contributed by atoms with E-state index >= 15 is 0 Å². The van der Waals surface area contributed by atoms with Crippen LogP contribution in [0.2, 0.25) is 0 Å². The number of carbonyl (C=O) groups is 5. The third-order valence-corrected chi connectivity index (χ3v) is 6.00. The average Bonchev–Trinajstić information content (AvgIpc) is 3.30. The molecular formula is C24H35N5O6. The molecule has 4 amide bonds. The number of aliphatic carboxylic acids is 1. The smallest absolute Gasteiger partial charge is 0.326 e. The molecule has 1 saturated heterocycles. The van der Waals surface area contributed by atoms with Gasteiger partial charge in [0.15, 0.2) is 0 Å². The molecule has 1 aromatic rings. The molecule has 0 bridgehead atoms. The van der Waals surface area contributed by atoms with Gasteiger partial charge in [0.05, 0.1) is 6.04 Å². The molecule has 0 radical (unpaired) electrons. The van der Waals surface area contributed by atoms with Crippen LogP contribution >= 0.6 is 0 Å². The summed E-state index contributed by atoms with van der Waals surface area (Å²) in [5.74, 6) is -3.86. The van der Waals surface area contributed by atoms with Gasteiger partial charge in [0.2, 0.25) is 23.6 Å². The second-order valence-corrected chi connectivity index (χ2v) is 9.12. The van der Waals surface area contributed by atoms with Crippen molar-refractivity contribution in [2.24, 2.45) is 17.4 Å². The van der Waals surface area contributed by atoms with E-state index in [4.69, 9.17) is 11.5 Å². The first-order valence-electron chi connectivity index (χ1n) is 11.7. The molecule has 0 spiro atoms. The van der Waals surface area contributed by atoms with Crippen LogP contribution in [0.15, 0.2) is 30.3 Å². The van der Waals surface area contributed by atoms with Crippen LogP contribution in [0.5, 0.6) is 0 Å². The van der Waals surface area contributed by atoms with Crippen molar-refractivity contribution in [1.82, 2.24) is 15.5 Å². The molecule has 192 valence electrons.